The van der Waals surface area contributed by atoms with E-state index in [2.05, 4.69) is 5.32 Å². The van der Waals surface area contributed by atoms with Gasteiger partial charge in [0.1, 0.15) is 0 Å². The van der Waals surface area contributed by atoms with Crippen molar-refractivity contribution in [2.75, 3.05) is 19.7 Å². The van der Waals surface area contributed by atoms with Crippen molar-refractivity contribution in [3.05, 3.63) is 70.2 Å². The van der Waals surface area contributed by atoms with Crippen LogP contribution in [0.5, 0.6) is 0 Å². The SMILES string of the molecule is O=C(OCC(=O)N1CCNC1=O)c1ccccc1C(=O)c1ccc(Cl)cc1. The third-order valence-electron chi connectivity index (χ3n) is 3.98. The lowest BCUT2D eigenvalue weighted by Gasteiger charge is -2.13. The summed E-state index contributed by atoms with van der Waals surface area (Å²) in [6.45, 7) is -0.00642. The summed E-state index contributed by atoms with van der Waals surface area (Å²) in [7, 11) is 0. The van der Waals surface area contributed by atoms with Gasteiger partial charge < -0.3 is 10.1 Å². The molecule has 0 aliphatic carbocycles. The fourth-order valence-electron chi connectivity index (χ4n) is 2.61. The van der Waals surface area contributed by atoms with E-state index in [1.165, 1.54) is 12.1 Å². The summed E-state index contributed by atoms with van der Waals surface area (Å²) in [6.07, 6.45) is 0. The summed E-state index contributed by atoms with van der Waals surface area (Å²) in [5.74, 6) is -1.81. The van der Waals surface area contributed by atoms with Gasteiger partial charge >= 0.3 is 12.0 Å². The lowest BCUT2D eigenvalue weighted by Crippen LogP contribution is -2.37. The number of nitrogens with zero attached hydrogens (tertiary/aromatic N) is 1. The van der Waals surface area contributed by atoms with Crippen LogP contribution >= 0.6 is 11.6 Å². The van der Waals surface area contributed by atoms with Crippen LogP contribution in [0.15, 0.2) is 48.5 Å². The first kappa shape index (κ1) is 18.6. The lowest BCUT2D eigenvalue weighted by atomic mass is 9.98. The van der Waals surface area contributed by atoms with Crippen LogP contribution in [-0.4, -0.2) is 48.3 Å². The van der Waals surface area contributed by atoms with Crippen LogP contribution in [0.3, 0.4) is 0 Å². The molecule has 1 saturated heterocycles. The van der Waals surface area contributed by atoms with E-state index in [1.807, 2.05) is 0 Å². The number of esters is 1. The van der Waals surface area contributed by atoms with Gasteiger partial charge in [-0.3, -0.25) is 14.5 Å². The zero-order valence-electron chi connectivity index (χ0n) is 14.1. The summed E-state index contributed by atoms with van der Waals surface area (Å²) in [6, 6.07) is 11.9. The maximum absolute atomic E-state index is 12.7. The van der Waals surface area contributed by atoms with Gasteiger partial charge in [-0.2, -0.15) is 0 Å². The van der Waals surface area contributed by atoms with Gasteiger partial charge in [0.05, 0.1) is 5.56 Å². The second-order valence-electron chi connectivity index (χ2n) is 5.74. The number of halogens is 1. The zero-order valence-corrected chi connectivity index (χ0v) is 14.9. The van der Waals surface area contributed by atoms with E-state index in [0.29, 0.717) is 17.1 Å². The predicted octanol–water partition coefficient (Wildman–Crippen LogP) is 2.28. The summed E-state index contributed by atoms with van der Waals surface area (Å²) in [5.41, 5.74) is 0.553. The molecule has 0 aromatic heterocycles. The molecular weight excluding hydrogens is 372 g/mol. The Morgan fingerprint density at radius 3 is 2.33 bits per heavy atom. The monoisotopic (exact) mass is 386 g/mol. The number of ether oxygens (including phenoxy) is 1. The molecule has 3 amide bonds. The summed E-state index contributed by atoms with van der Waals surface area (Å²) in [5, 5.41) is 2.98. The van der Waals surface area contributed by atoms with Crippen molar-refractivity contribution < 1.29 is 23.9 Å². The highest BCUT2D eigenvalue weighted by atomic mass is 35.5. The number of nitrogens with one attached hydrogen (secondary N) is 1. The van der Waals surface area contributed by atoms with Crippen LogP contribution in [0.2, 0.25) is 5.02 Å². The number of carbonyl (C=O) groups is 4. The van der Waals surface area contributed by atoms with Crippen molar-refractivity contribution in [3.63, 3.8) is 0 Å². The van der Waals surface area contributed by atoms with Crippen molar-refractivity contribution in [1.29, 1.82) is 0 Å². The van der Waals surface area contributed by atoms with Crippen LogP contribution in [0, 0.1) is 0 Å². The van der Waals surface area contributed by atoms with E-state index in [-0.39, 0.29) is 23.5 Å². The van der Waals surface area contributed by atoms with Crippen molar-refractivity contribution >= 4 is 35.3 Å². The fourth-order valence-corrected chi connectivity index (χ4v) is 2.73. The van der Waals surface area contributed by atoms with Crippen molar-refractivity contribution in [2.45, 2.75) is 0 Å². The molecule has 7 nitrogen and oxygen atoms in total. The minimum absolute atomic E-state index is 0.0381. The molecule has 0 unspecified atom stereocenters. The van der Waals surface area contributed by atoms with Gasteiger partial charge in [-0.25, -0.2) is 9.59 Å². The Hall–Kier alpha value is -3.19. The van der Waals surface area contributed by atoms with Gasteiger partial charge in [0.2, 0.25) is 0 Å². The third-order valence-corrected chi connectivity index (χ3v) is 4.23. The molecule has 0 spiro atoms. The average molecular weight is 387 g/mol. The van der Waals surface area contributed by atoms with E-state index >= 15 is 0 Å². The first-order valence-electron chi connectivity index (χ1n) is 8.12. The van der Waals surface area contributed by atoms with Gasteiger partial charge in [-0.15, -0.1) is 0 Å². The first-order chi connectivity index (χ1) is 13.0. The minimum atomic E-state index is -0.819. The number of imide groups is 1. The van der Waals surface area contributed by atoms with Gasteiger partial charge in [0, 0.05) is 29.2 Å². The maximum Gasteiger partial charge on any atom is 0.339 e. The number of carbonyl (C=O) groups excluding carboxylic acids is 4. The fraction of sp³-hybridized carbons (Fsp3) is 0.158. The summed E-state index contributed by atoms with van der Waals surface area (Å²) in [4.78, 5) is 49.5. The Morgan fingerprint density at radius 1 is 1.04 bits per heavy atom. The number of ketones is 1. The number of benzene rings is 2. The molecule has 0 saturated carbocycles. The summed E-state index contributed by atoms with van der Waals surface area (Å²) >= 11 is 5.83. The normalized spacial score (nSPS) is 13.2. The zero-order chi connectivity index (χ0) is 19.4. The topological polar surface area (TPSA) is 92.8 Å². The third kappa shape index (κ3) is 4.15. The molecule has 138 valence electrons. The molecule has 1 N–H and O–H groups in total. The standard InChI is InChI=1S/C19H15ClN2O5/c20-13-7-5-12(6-8-13)17(24)14-3-1-2-4-15(14)18(25)27-11-16(23)22-10-9-21-19(22)26/h1-8H,9-11H2,(H,21,26). The molecular formula is C19H15ClN2O5. The van der Waals surface area contributed by atoms with E-state index in [0.717, 1.165) is 4.90 Å². The van der Waals surface area contributed by atoms with E-state index < -0.39 is 24.5 Å². The Kier molecular flexibility index (Phi) is 5.52. The van der Waals surface area contributed by atoms with Crippen LogP contribution in [-0.2, 0) is 9.53 Å². The van der Waals surface area contributed by atoms with Crippen molar-refractivity contribution in [2.24, 2.45) is 0 Å². The highest BCUT2D eigenvalue weighted by Crippen LogP contribution is 2.18. The Labute approximate surface area is 159 Å². The molecule has 0 radical (unpaired) electrons. The Bertz CT molecular complexity index is 911. The Morgan fingerprint density at radius 2 is 1.70 bits per heavy atom. The van der Waals surface area contributed by atoms with E-state index in [4.69, 9.17) is 16.3 Å². The van der Waals surface area contributed by atoms with Gasteiger partial charge in [0.15, 0.2) is 12.4 Å². The van der Waals surface area contributed by atoms with Crippen LogP contribution in [0.25, 0.3) is 0 Å². The quantitative estimate of drug-likeness (QED) is 0.628. The van der Waals surface area contributed by atoms with Crippen LogP contribution in [0.1, 0.15) is 26.3 Å². The van der Waals surface area contributed by atoms with Crippen molar-refractivity contribution in [1.82, 2.24) is 10.2 Å². The van der Waals surface area contributed by atoms with Gasteiger partial charge in [-0.1, -0.05) is 29.8 Å². The molecule has 0 bridgehead atoms. The second-order valence-corrected chi connectivity index (χ2v) is 6.17. The number of hydrogen-bond donors (Lipinski definition) is 1. The molecule has 1 fully saturated rings. The average Bonchev–Trinajstić information content (AvgIpc) is 3.12. The van der Waals surface area contributed by atoms with Gasteiger partial charge in [-0.05, 0) is 30.3 Å². The smallest absolute Gasteiger partial charge is 0.339 e. The van der Waals surface area contributed by atoms with Crippen molar-refractivity contribution in [3.8, 4) is 0 Å². The molecule has 27 heavy (non-hydrogen) atoms. The largest absolute Gasteiger partial charge is 0.452 e. The first-order valence-corrected chi connectivity index (χ1v) is 8.50. The lowest BCUT2D eigenvalue weighted by molar-refractivity contribution is -0.130. The summed E-state index contributed by atoms with van der Waals surface area (Å²) < 4.78 is 5.01. The number of urea groups is 1. The second kappa shape index (κ2) is 8.01. The minimum Gasteiger partial charge on any atom is -0.452 e. The molecule has 1 aliphatic heterocycles. The molecule has 8 heteroatoms. The molecule has 2 aromatic carbocycles. The number of rotatable bonds is 5. The van der Waals surface area contributed by atoms with Crippen LogP contribution < -0.4 is 5.32 Å². The highest BCUT2D eigenvalue weighted by molar-refractivity contribution is 6.30. The van der Waals surface area contributed by atoms with E-state index in [1.54, 1.807) is 36.4 Å². The number of amides is 3. The Balaban J connectivity index is 1.74. The number of hydrogen-bond acceptors (Lipinski definition) is 5. The molecule has 3 rings (SSSR count). The van der Waals surface area contributed by atoms with Crippen LogP contribution in [0.4, 0.5) is 4.79 Å². The molecule has 1 aliphatic rings. The van der Waals surface area contributed by atoms with E-state index in [9.17, 15) is 19.2 Å². The molecule has 0 atom stereocenters. The molecule has 1 heterocycles. The maximum atomic E-state index is 12.7. The molecule has 2 aromatic rings. The highest BCUT2D eigenvalue weighted by Gasteiger charge is 2.27. The predicted molar refractivity (Wildman–Crippen MR) is 96.7 cm³/mol. The van der Waals surface area contributed by atoms with Gasteiger partial charge in [0.25, 0.3) is 5.91 Å².